The fourth-order valence-electron chi connectivity index (χ4n) is 6.23. The molecule has 0 amide bonds. The van der Waals surface area contributed by atoms with Crippen molar-refractivity contribution in [3.05, 3.63) is 0 Å². The maximum atomic E-state index is 12.3. The molecule has 0 aliphatic heterocycles. The molecule has 44 heavy (non-hydrogen) atoms. The summed E-state index contributed by atoms with van der Waals surface area (Å²) in [5.74, 6) is 0.813. The van der Waals surface area contributed by atoms with Crippen molar-refractivity contribution in [1.29, 1.82) is 0 Å². The molecule has 0 aromatic rings. The SMILES string of the molecule is CCCCCCCC(=O)OCCCCCCCCCCCCCOC(=O)CCCC(CCCCCCC)CCCCCCC. The zero-order valence-electron chi connectivity index (χ0n) is 30.3. The van der Waals surface area contributed by atoms with Crippen molar-refractivity contribution in [2.75, 3.05) is 13.2 Å². The van der Waals surface area contributed by atoms with Gasteiger partial charge in [-0.05, 0) is 38.0 Å². The van der Waals surface area contributed by atoms with Crippen LogP contribution in [0.2, 0.25) is 0 Å². The van der Waals surface area contributed by atoms with E-state index in [1.165, 1.54) is 161 Å². The monoisotopic (exact) mass is 623 g/mol. The van der Waals surface area contributed by atoms with Crippen LogP contribution in [0.5, 0.6) is 0 Å². The lowest BCUT2D eigenvalue weighted by atomic mass is 9.90. The standard InChI is InChI=1S/C40H78O4/c1-4-7-10-20-25-31-38(32-26-21-11-8-5-2)33-30-35-40(42)44-37-29-24-19-17-15-13-14-16-18-23-28-36-43-39(41)34-27-22-12-9-6-3/h38H,4-37H2,1-3H3. The van der Waals surface area contributed by atoms with Crippen molar-refractivity contribution in [2.45, 2.75) is 226 Å². The van der Waals surface area contributed by atoms with Crippen LogP contribution < -0.4 is 0 Å². The molecule has 0 heterocycles. The van der Waals surface area contributed by atoms with E-state index in [0.717, 1.165) is 38.0 Å². The molecule has 0 fully saturated rings. The predicted molar refractivity (Wildman–Crippen MR) is 190 cm³/mol. The molecule has 0 unspecified atom stereocenters. The lowest BCUT2D eigenvalue weighted by molar-refractivity contribution is -0.144. The summed E-state index contributed by atoms with van der Waals surface area (Å²) in [6, 6.07) is 0. The van der Waals surface area contributed by atoms with E-state index in [1.54, 1.807) is 0 Å². The van der Waals surface area contributed by atoms with Gasteiger partial charge < -0.3 is 9.47 Å². The maximum Gasteiger partial charge on any atom is 0.305 e. The molecule has 0 saturated carbocycles. The van der Waals surface area contributed by atoms with Crippen LogP contribution >= 0.6 is 0 Å². The van der Waals surface area contributed by atoms with Gasteiger partial charge in [0, 0.05) is 12.8 Å². The Morgan fingerprint density at radius 1 is 0.364 bits per heavy atom. The lowest BCUT2D eigenvalue weighted by Crippen LogP contribution is -2.08. The minimum Gasteiger partial charge on any atom is -0.466 e. The van der Waals surface area contributed by atoms with E-state index >= 15 is 0 Å². The normalized spacial score (nSPS) is 11.4. The molecule has 0 spiro atoms. The van der Waals surface area contributed by atoms with E-state index in [9.17, 15) is 9.59 Å². The summed E-state index contributed by atoms with van der Waals surface area (Å²) in [6.07, 6.45) is 39.0. The van der Waals surface area contributed by atoms with Gasteiger partial charge in [-0.1, -0.05) is 181 Å². The topological polar surface area (TPSA) is 52.6 Å². The van der Waals surface area contributed by atoms with Gasteiger partial charge in [0.15, 0.2) is 0 Å². The number of unbranched alkanes of at least 4 members (excludes halogenated alkanes) is 22. The highest BCUT2D eigenvalue weighted by molar-refractivity contribution is 5.69. The van der Waals surface area contributed by atoms with Crippen LogP contribution in [-0.4, -0.2) is 25.2 Å². The van der Waals surface area contributed by atoms with Crippen molar-refractivity contribution >= 4 is 11.9 Å². The smallest absolute Gasteiger partial charge is 0.305 e. The van der Waals surface area contributed by atoms with Crippen LogP contribution in [0.3, 0.4) is 0 Å². The fraction of sp³-hybridized carbons (Fsp3) is 0.950. The van der Waals surface area contributed by atoms with Gasteiger partial charge in [0.1, 0.15) is 0 Å². The summed E-state index contributed by atoms with van der Waals surface area (Å²) >= 11 is 0. The first-order valence-electron chi connectivity index (χ1n) is 19.9. The third kappa shape index (κ3) is 33.8. The Morgan fingerprint density at radius 2 is 0.659 bits per heavy atom. The molecule has 0 saturated heterocycles. The van der Waals surface area contributed by atoms with Gasteiger partial charge in [0.25, 0.3) is 0 Å². The van der Waals surface area contributed by atoms with E-state index < -0.39 is 0 Å². The molecular weight excluding hydrogens is 544 g/mol. The van der Waals surface area contributed by atoms with E-state index in [0.29, 0.717) is 26.1 Å². The molecule has 0 aromatic heterocycles. The summed E-state index contributed by atoms with van der Waals surface area (Å²) in [7, 11) is 0. The number of ether oxygens (including phenoxy) is 2. The first-order valence-corrected chi connectivity index (χ1v) is 19.9. The van der Waals surface area contributed by atoms with Gasteiger partial charge >= 0.3 is 11.9 Å². The minimum atomic E-state index is -0.00878. The van der Waals surface area contributed by atoms with Crippen LogP contribution in [-0.2, 0) is 19.1 Å². The van der Waals surface area contributed by atoms with Gasteiger partial charge in [-0.25, -0.2) is 0 Å². The Hall–Kier alpha value is -1.06. The number of hydrogen-bond donors (Lipinski definition) is 0. The quantitative estimate of drug-likeness (QED) is 0.0515. The average Bonchev–Trinajstić information content (AvgIpc) is 3.02. The first kappa shape index (κ1) is 42.9. The second-order valence-electron chi connectivity index (χ2n) is 13.7. The maximum absolute atomic E-state index is 12.3. The van der Waals surface area contributed by atoms with E-state index in [2.05, 4.69) is 20.8 Å². The molecule has 0 atom stereocenters. The van der Waals surface area contributed by atoms with Crippen molar-refractivity contribution in [3.63, 3.8) is 0 Å². The Morgan fingerprint density at radius 3 is 1.07 bits per heavy atom. The summed E-state index contributed by atoms with van der Waals surface area (Å²) in [5, 5.41) is 0. The summed E-state index contributed by atoms with van der Waals surface area (Å²) in [4.78, 5) is 24.0. The van der Waals surface area contributed by atoms with Crippen LogP contribution in [0.4, 0.5) is 0 Å². The zero-order valence-corrected chi connectivity index (χ0v) is 30.3. The fourth-order valence-corrected chi connectivity index (χ4v) is 6.23. The van der Waals surface area contributed by atoms with Gasteiger partial charge in [-0.2, -0.15) is 0 Å². The highest BCUT2D eigenvalue weighted by atomic mass is 16.5. The Labute approximate surface area is 276 Å². The Bertz CT molecular complexity index is 576. The number of carbonyl (C=O) groups excluding carboxylic acids is 2. The summed E-state index contributed by atoms with van der Waals surface area (Å²) in [5.41, 5.74) is 0. The van der Waals surface area contributed by atoms with E-state index in [4.69, 9.17) is 9.47 Å². The summed E-state index contributed by atoms with van der Waals surface area (Å²) in [6.45, 7) is 7.98. The highest BCUT2D eigenvalue weighted by Gasteiger charge is 2.11. The molecule has 262 valence electrons. The summed E-state index contributed by atoms with van der Waals surface area (Å²) < 4.78 is 10.9. The third-order valence-corrected chi connectivity index (χ3v) is 9.22. The number of rotatable bonds is 36. The molecule has 4 heteroatoms. The van der Waals surface area contributed by atoms with E-state index in [-0.39, 0.29) is 11.9 Å². The number of carbonyl (C=O) groups is 2. The van der Waals surface area contributed by atoms with Crippen LogP contribution in [0.15, 0.2) is 0 Å². The van der Waals surface area contributed by atoms with Crippen LogP contribution in [0.1, 0.15) is 226 Å². The third-order valence-electron chi connectivity index (χ3n) is 9.22. The lowest BCUT2D eigenvalue weighted by Gasteiger charge is -2.17. The number of hydrogen-bond acceptors (Lipinski definition) is 4. The van der Waals surface area contributed by atoms with Gasteiger partial charge in [0.2, 0.25) is 0 Å². The molecular formula is C40H78O4. The largest absolute Gasteiger partial charge is 0.466 e. The van der Waals surface area contributed by atoms with Crippen molar-refractivity contribution in [1.82, 2.24) is 0 Å². The van der Waals surface area contributed by atoms with Crippen molar-refractivity contribution in [2.24, 2.45) is 5.92 Å². The Balaban J connectivity index is 3.57. The van der Waals surface area contributed by atoms with Crippen molar-refractivity contribution < 1.29 is 19.1 Å². The average molecular weight is 623 g/mol. The molecule has 0 rings (SSSR count). The zero-order chi connectivity index (χ0) is 32.2. The molecule has 4 nitrogen and oxygen atoms in total. The first-order chi connectivity index (χ1) is 21.6. The van der Waals surface area contributed by atoms with Crippen LogP contribution in [0, 0.1) is 5.92 Å². The van der Waals surface area contributed by atoms with E-state index in [1.807, 2.05) is 0 Å². The minimum absolute atomic E-state index is 0.00878. The van der Waals surface area contributed by atoms with Crippen LogP contribution in [0.25, 0.3) is 0 Å². The van der Waals surface area contributed by atoms with Crippen molar-refractivity contribution in [3.8, 4) is 0 Å². The predicted octanol–water partition coefficient (Wildman–Crippen LogP) is 13.2. The second kappa shape index (κ2) is 36.4. The molecule has 0 N–H and O–H groups in total. The Kier molecular flexibility index (Phi) is 35.5. The van der Waals surface area contributed by atoms with Gasteiger partial charge in [0.05, 0.1) is 13.2 Å². The molecule has 0 aliphatic carbocycles. The molecule has 0 aromatic carbocycles. The number of esters is 2. The molecule has 0 bridgehead atoms. The van der Waals surface area contributed by atoms with Gasteiger partial charge in [-0.3, -0.25) is 9.59 Å². The highest BCUT2D eigenvalue weighted by Crippen LogP contribution is 2.24. The van der Waals surface area contributed by atoms with Gasteiger partial charge in [-0.15, -0.1) is 0 Å². The molecule has 0 aliphatic rings. The second-order valence-corrected chi connectivity index (χ2v) is 13.7. The molecule has 0 radical (unpaired) electrons.